The number of hydrogen-bond acceptors (Lipinski definition) is 2. The van der Waals surface area contributed by atoms with Crippen LogP contribution in [0.25, 0.3) is 0 Å². The van der Waals surface area contributed by atoms with Crippen molar-refractivity contribution in [1.29, 1.82) is 0 Å². The van der Waals surface area contributed by atoms with Gasteiger partial charge in [-0.25, -0.2) is 0 Å². The monoisotopic (exact) mass is 393 g/mol. The third-order valence-corrected chi connectivity index (χ3v) is 9.55. The maximum absolute atomic E-state index is 10.3. The molecule has 0 fully saturated rings. The summed E-state index contributed by atoms with van der Waals surface area (Å²) in [4.78, 5) is 0. The van der Waals surface area contributed by atoms with E-state index in [4.69, 9.17) is 0 Å². The van der Waals surface area contributed by atoms with Gasteiger partial charge in [-0.1, -0.05) is 0 Å². The topological polar surface area (TPSA) is 40.5 Å². The molecular formula is C18H15O2Te. The van der Waals surface area contributed by atoms with Crippen molar-refractivity contribution in [2.75, 3.05) is 0 Å². The molecule has 0 saturated heterocycles. The quantitative estimate of drug-likeness (QED) is 0.527. The first kappa shape index (κ1) is 14.0. The molecule has 0 aliphatic rings. The van der Waals surface area contributed by atoms with Gasteiger partial charge in [0.1, 0.15) is 0 Å². The first-order valence-corrected chi connectivity index (χ1v) is 10.1. The zero-order valence-corrected chi connectivity index (χ0v) is 13.6. The molecule has 0 aromatic heterocycles. The Hall–Kier alpha value is -1.95. The summed E-state index contributed by atoms with van der Waals surface area (Å²) in [6.45, 7) is 0. The van der Waals surface area contributed by atoms with Gasteiger partial charge in [0.15, 0.2) is 0 Å². The average molecular weight is 391 g/mol. The van der Waals surface area contributed by atoms with E-state index in [1.807, 2.05) is 36.4 Å². The Labute approximate surface area is 131 Å². The van der Waals surface area contributed by atoms with E-state index in [-0.39, 0.29) is 11.5 Å². The molecule has 21 heavy (non-hydrogen) atoms. The molecule has 105 valence electrons. The van der Waals surface area contributed by atoms with Crippen molar-refractivity contribution in [3.8, 4) is 11.5 Å². The summed E-state index contributed by atoms with van der Waals surface area (Å²) in [6.07, 6.45) is 0. The average Bonchev–Trinajstić information content (AvgIpc) is 2.53. The minimum absolute atomic E-state index is 0.195. The fourth-order valence-electron chi connectivity index (χ4n) is 2.17. The SMILES string of the molecule is Oc1ccc(O)c([Te](c2ccccc2)c2ccccc2)c1. The molecule has 0 atom stereocenters. The predicted octanol–water partition coefficient (Wildman–Crippen LogP) is 1.61. The molecule has 0 amide bonds. The first-order chi connectivity index (χ1) is 10.3. The standard InChI is InChI=1S/C18H15O2Te/c19-14-11-12-17(20)18(13-14)21(15-7-3-1-4-8-15)16-9-5-2-6-10-16/h1-13,19-20H. The predicted molar refractivity (Wildman–Crippen MR) is 87.3 cm³/mol. The summed E-state index contributed by atoms with van der Waals surface area (Å²) in [5.41, 5.74) is 0. The van der Waals surface area contributed by atoms with Gasteiger partial charge in [-0.05, 0) is 0 Å². The van der Waals surface area contributed by atoms with Crippen molar-refractivity contribution < 1.29 is 10.2 Å². The second kappa shape index (κ2) is 6.22. The zero-order valence-electron chi connectivity index (χ0n) is 11.3. The summed E-state index contributed by atoms with van der Waals surface area (Å²) in [7, 11) is 0. The van der Waals surface area contributed by atoms with Crippen molar-refractivity contribution in [2.45, 2.75) is 0 Å². The van der Waals surface area contributed by atoms with Crippen molar-refractivity contribution in [3.63, 3.8) is 0 Å². The van der Waals surface area contributed by atoms with Crippen molar-refractivity contribution in [1.82, 2.24) is 0 Å². The van der Waals surface area contributed by atoms with Crippen LogP contribution in [0, 0.1) is 0 Å². The third kappa shape index (κ3) is 3.05. The third-order valence-electron chi connectivity index (χ3n) is 3.12. The summed E-state index contributed by atoms with van der Waals surface area (Å²) in [5.74, 6) is 0.456. The van der Waals surface area contributed by atoms with Gasteiger partial charge < -0.3 is 0 Å². The first-order valence-electron chi connectivity index (χ1n) is 6.62. The van der Waals surface area contributed by atoms with Crippen LogP contribution in [-0.4, -0.2) is 29.8 Å². The van der Waals surface area contributed by atoms with Crippen LogP contribution in [0.15, 0.2) is 78.9 Å². The number of aromatic hydroxyl groups is 2. The van der Waals surface area contributed by atoms with E-state index in [2.05, 4.69) is 24.3 Å². The minimum atomic E-state index is -2.16. The summed E-state index contributed by atoms with van der Waals surface area (Å²) < 4.78 is 3.36. The number of benzene rings is 3. The molecule has 3 rings (SSSR count). The molecule has 0 bridgehead atoms. The Kier molecular flexibility index (Phi) is 4.15. The molecule has 0 aliphatic carbocycles. The Morgan fingerprint density at radius 2 is 1.14 bits per heavy atom. The molecule has 0 heterocycles. The molecule has 0 spiro atoms. The molecule has 2 N–H and O–H groups in total. The van der Waals surface area contributed by atoms with Gasteiger partial charge in [0.05, 0.1) is 0 Å². The summed E-state index contributed by atoms with van der Waals surface area (Å²) in [5, 5.41) is 20.1. The van der Waals surface area contributed by atoms with E-state index in [1.54, 1.807) is 12.1 Å². The van der Waals surface area contributed by atoms with Gasteiger partial charge in [-0.15, -0.1) is 0 Å². The van der Waals surface area contributed by atoms with Crippen LogP contribution >= 0.6 is 0 Å². The Balaban J connectivity index is 2.20. The van der Waals surface area contributed by atoms with E-state index in [9.17, 15) is 10.2 Å². The fourth-order valence-corrected chi connectivity index (χ4v) is 8.32. The fraction of sp³-hybridized carbons (Fsp3) is 0. The Bertz CT molecular complexity index is 687. The number of hydrogen-bond donors (Lipinski definition) is 2. The van der Waals surface area contributed by atoms with Crippen molar-refractivity contribution in [3.05, 3.63) is 78.9 Å². The number of phenolic OH excluding ortho intramolecular Hbond substituents is 2. The van der Waals surface area contributed by atoms with Crippen LogP contribution in [0.5, 0.6) is 11.5 Å². The van der Waals surface area contributed by atoms with Crippen LogP contribution in [0.2, 0.25) is 0 Å². The Morgan fingerprint density at radius 3 is 1.67 bits per heavy atom. The molecule has 1 radical (unpaired) electrons. The summed E-state index contributed by atoms with van der Waals surface area (Å²) >= 11 is -2.16. The van der Waals surface area contributed by atoms with Crippen molar-refractivity contribution in [2.24, 2.45) is 0 Å². The normalized spacial score (nSPS) is 10.7. The maximum atomic E-state index is 10.3. The van der Waals surface area contributed by atoms with Gasteiger partial charge in [0.25, 0.3) is 0 Å². The van der Waals surface area contributed by atoms with Gasteiger partial charge in [0.2, 0.25) is 0 Å². The molecule has 0 saturated carbocycles. The molecule has 3 aromatic rings. The second-order valence-electron chi connectivity index (χ2n) is 4.58. The van der Waals surface area contributed by atoms with Crippen LogP contribution in [0.3, 0.4) is 0 Å². The van der Waals surface area contributed by atoms with Crippen LogP contribution < -0.4 is 10.8 Å². The number of phenols is 2. The molecule has 2 nitrogen and oxygen atoms in total. The molecule has 3 aromatic carbocycles. The Morgan fingerprint density at radius 1 is 0.619 bits per heavy atom. The van der Waals surface area contributed by atoms with Gasteiger partial charge in [-0.2, -0.15) is 0 Å². The summed E-state index contributed by atoms with van der Waals surface area (Å²) in [6, 6.07) is 25.3. The van der Waals surface area contributed by atoms with E-state index >= 15 is 0 Å². The zero-order chi connectivity index (χ0) is 14.7. The second-order valence-corrected chi connectivity index (χ2v) is 10.3. The van der Waals surface area contributed by atoms with E-state index in [0.717, 1.165) is 3.61 Å². The van der Waals surface area contributed by atoms with Crippen LogP contribution in [-0.2, 0) is 0 Å². The molecule has 0 aliphatic heterocycles. The van der Waals surface area contributed by atoms with Gasteiger partial charge in [0, 0.05) is 0 Å². The van der Waals surface area contributed by atoms with E-state index in [1.165, 1.54) is 13.3 Å². The van der Waals surface area contributed by atoms with Gasteiger partial charge in [-0.3, -0.25) is 0 Å². The van der Waals surface area contributed by atoms with Gasteiger partial charge >= 0.3 is 131 Å². The van der Waals surface area contributed by atoms with Crippen molar-refractivity contribution >= 4 is 30.4 Å². The van der Waals surface area contributed by atoms with Crippen LogP contribution in [0.1, 0.15) is 0 Å². The van der Waals surface area contributed by atoms with E-state index < -0.39 is 19.6 Å². The molecular weight excluding hydrogens is 376 g/mol. The molecule has 3 heteroatoms. The molecule has 0 unspecified atom stereocenters. The number of rotatable bonds is 3. The van der Waals surface area contributed by atoms with Crippen LogP contribution in [0.4, 0.5) is 0 Å². The van der Waals surface area contributed by atoms with E-state index in [0.29, 0.717) is 0 Å².